The highest BCUT2D eigenvalue weighted by Gasteiger charge is 2.21. The lowest BCUT2D eigenvalue weighted by Crippen LogP contribution is -2.35. The van der Waals surface area contributed by atoms with Gasteiger partial charge in [0.2, 0.25) is 5.91 Å². The predicted molar refractivity (Wildman–Crippen MR) is 56.2 cm³/mol. The monoisotopic (exact) mass is 208 g/mol. The van der Waals surface area contributed by atoms with Crippen LogP contribution in [0.25, 0.3) is 0 Å². The lowest BCUT2D eigenvalue weighted by atomic mass is 10.3. The number of likely N-dealkylation sites (N-methyl/N-ethyl adjacent to an activating group) is 1. The van der Waals surface area contributed by atoms with Gasteiger partial charge < -0.3 is 14.6 Å². The third-order valence-corrected chi connectivity index (χ3v) is 2.54. The molecule has 82 valence electrons. The second-order valence-corrected chi connectivity index (χ2v) is 4.04. The number of hydrogen-bond donors (Lipinski definition) is 1. The molecule has 1 heterocycles. The topological polar surface area (TPSA) is 45.5 Å². The van der Waals surface area contributed by atoms with Gasteiger partial charge in [-0.05, 0) is 18.9 Å². The van der Waals surface area contributed by atoms with E-state index in [-0.39, 0.29) is 5.91 Å². The maximum atomic E-state index is 11.6. The minimum atomic E-state index is 0.128. The zero-order valence-corrected chi connectivity index (χ0v) is 8.90. The molecule has 0 radical (unpaired) electrons. The van der Waals surface area contributed by atoms with Crippen LogP contribution >= 0.6 is 0 Å². The molecule has 0 spiro atoms. The second-order valence-electron chi connectivity index (χ2n) is 4.04. The fourth-order valence-corrected chi connectivity index (χ4v) is 1.40. The molecule has 1 aromatic rings. The molecule has 0 bridgehead atoms. The van der Waals surface area contributed by atoms with Gasteiger partial charge >= 0.3 is 0 Å². The Morgan fingerprint density at radius 3 is 3.07 bits per heavy atom. The number of rotatable bonds is 5. The number of carbonyl (C=O) groups excluding carboxylic acids is 1. The molecule has 1 aliphatic rings. The lowest BCUT2D eigenvalue weighted by molar-refractivity contribution is -0.129. The van der Waals surface area contributed by atoms with Crippen molar-refractivity contribution in [3.63, 3.8) is 0 Å². The van der Waals surface area contributed by atoms with Gasteiger partial charge in [-0.15, -0.1) is 0 Å². The highest BCUT2D eigenvalue weighted by Crippen LogP contribution is 2.18. The van der Waals surface area contributed by atoms with E-state index < -0.39 is 0 Å². The van der Waals surface area contributed by atoms with E-state index in [2.05, 4.69) is 5.32 Å². The third kappa shape index (κ3) is 3.09. The summed E-state index contributed by atoms with van der Waals surface area (Å²) in [5.41, 5.74) is 1.03. The summed E-state index contributed by atoms with van der Waals surface area (Å²) in [6.07, 6.45) is 5.70. The molecular formula is C11H16N2O2. The fourth-order valence-electron chi connectivity index (χ4n) is 1.40. The van der Waals surface area contributed by atoms with Crippen LogP contribution < -0.4 is 5.32 Å². The van der Waals surface area contributed by atoms with Crippen LogP contribution in [0.2, 0.25) is 0 Å². The molecule has 4 nitrogen and oxygen atoms in total. The van der Waals surface area contributed by atoms with E-state index >= 15 is 0 Å². The van der Waals surface area contributed by atoms with Crippen LogP contribution in [0.3, 0.4) is 0 Å². The first-order valence-electron chi connectivity index (χ1n) is 5.24. The van der Waals surface area contributed by atoms with Crippen LogP contribution in [-0.2, 0) is 11.3 Å². The summed E-state index contributed by atoms with van der Waals surface area (Å²) in [7, 11) is 1.81. The van der Waals surface area contributed by atoms with Crippen molar-refractivity contribution >= 4 is 5.91 Å². The summed E-state index contributed by atoms with van der Waals surface area (Å²) < 4.78 is 4.95. The molecule has 1 amide bonds. The largest absolute Gasteiger partial charge is 0.472 e. The Morgan fingerprint density at radius 2 is 2.47 bits per heavy atom. The van der Waals surface area contributed by atoms with Gasteiger partial charge in [-0.25, -0.2) is 0 Å². The van der Waals surface area contributed by atoms with E-state index in [9.17, 15) is 4.79 Å². The summed E-state index contributed by atoms with van der Waals surface area (Å²) in [5, 5.41) is 3.20. The van der Waals surface area contributed by atoms with Crippen molar-refractivity contribution in [3.05, 3.63) is 24.2 Å². The smallest absolute Gasteiger partial charge is 0.236 e. The lowest BCUT2D eigenvalue weighted by Gasteiger charge is -2.16. The third-order valence-electron chi connectivity index (χ3n) is 2.54. The summed E-state index contributed by atoms with van der Waals surface area (Å²) in [5.74, 6) is 0.128. The summed E-state index contributed by atoms with van der Waals surface area (Å²) >= 11 is 0. The number of carbonyl (C=O) groups is 1. The van der Waals surface area contributed by atoms with Crippen molar-refractivity contribution in [1.29, 1.82) is 0 Å². The van der Waals surface area contributed by atoms with Gasteiger partial charge in [-0.1, -0.05) is 0 Å². The van der Waals surface area contributed by atoms with Crippen molar-refractivity contribution in [3.8, 4) is 0 Å². The molecule has 15 heavy (non-hydrogen) atoms. The Balaban J connectivity index is 1.73. The highest BCUT2D eigenvalue weighted by atomic mass is 16.3. The molecule has 1 aromatic heterocycles. The number of nitrogens with one attached hydrogen (secondary N) is 1. The van der Waals surface area contributed by atoms with Gasteiger partial charge in [0, 0.05) is 25.2 Å². The first-order chi connectivity index (χ1) is 7.25. The van der Waals surface area contributed by atoms with E-state index in [1.165, 1.54) is 12.8 Å². The van der Waals surface area contributed by atoms with E-state index in [0.717, 1.165) is 5.56 Å². The maximum Gasteiger partial charge on any atom is 0.236 e. The molecule has 1 aliphatic carbocycles. The van der Waals surface area contributed by atoms with E-state index in [1.807, 2.05) is 13.1 Å². The molecule has 1 fully saturated rings. The van der Waals surface area contributed by atoms with Crippen LogP contribution in [0, 0.1) is 0 Å². The maximum absolute atomic E-state index is 11.6. The Hall–Kier alpha value is -1.29. The van der Waals surface area contributed by atoms with Crippen molar-refractivity contribution in [2.45, 2.75) is 25.4 Å². The van der Waals surface area contributed by atoms with Crippen molar-refractivity contribution < 1.29 is 9.21 Å². The number of hydrogen-bond acceptors (Lipinski definition) is 3. The van der Waals surface area contributed by atoms with Gasteiger partial charge in [0.15, 0.2) is 0 Å². The Morgan fingerprint density at radius 1 is 1.67 bits per heavy atom. The molecule has 0 aliphatic heterocycles. The summed E-state index contributed by atoms with van der Waals surface area (Å²) in [4.78, 5) is 13.3. The van der Waals surface area contributed by atoms with Crippen molar-refractivity contribution in [2.24, 2.45) is 0 Å². The van der Waals surface area contributed by atoms with Crippen LogP contribution in [0.5, 0.6) is 0 Å². The summed E-state index contributed by atoms with van der Waals surface area (Å²) in [6, 6.07) is 2.45. The zero-order chi connectivity index (χ0) is 10.7. The fraction of sp³-hybridized carbons (Fsp3) is 0.545. The Kier molecular flexibility index (Phi) is 3.06. The zero-order valence-electron chi connectivity index (χ0n) is 8.90. The highest BCUT2D eigenvalue weighted by molar-refractivity contribution is 5.78. The van der Waals surface area contributed by atoms with Gasteiger partial charge in [0.25, 0.3) is 0 Å². The molecular weight excluding hydrogens is 192 g/mol. The minimum absolute atomic E-state index is 0.128. The number of amides is 1. The van der Waals surface area contributed by atoms with E-state index in [0.29, 0.717) is 19.1 Å². The predicted octanol–water partition coefficient (Wildman–Crippen LogP) is 0.990. The quantitative estimate of drug-likeness (QED) is 0.785. The molecule has 2 rings (SSSR count). The van der Waals surface area contributed by atoms with Gasteiger partial charge in [-0.2, -0.15) is 0 Å². The average molecular weight is 208 g/mol. The van der Waals surface area contributed by atoms with Crippen LogP contribution in [0.1, 0.15) is 18.4 Å². The molecule has 0 saturated heterocycles. The first kappa shape index (κ1) is 10.2. The number of furan rings is 1. The Bertz CT molecular complexity index is 317. The minimum Gasteiger partial charge on any atom is -0.472 e. The van der Waals surface area contributed by atoms with Crippen molar-refractivity contribution in [2.75, 3.05) is 13.6 Å². The van der Waals surface area contributed by atoms with Gasteiger partial charge in [0.1, 0.15) is 0 Å². The first-order valence-corrected chi connectivity index (χ1v) is 5.24. The molecule has 1 saturated carbocycles. The number of nitrogens with zero attached hydrogens (tertiary/aromatic N) is 1. The van der Waals surface area contributed by atoms with Crippen LogP contribution in [-0.4, -0.2) is 30.4 Å². The second kappa shape index (κ2) is 4.49. The van der Waals surface area contributed by atoms with Crippen LogP contribution in [0.4, 0.5) is 0 Å². The molecule has 0 atom stereocenters. The SMILES string of the molecule is CN(Cc1ccoc1)C(=O)CNC1CC1. The van der Waals surface area contributed by atoms with E-state index in [1.54, 1.807) is 17.4 Å². The molecule has 0 aromatic carbocycles. The molecule has 4 heteroatoms. The van der Waals surface area contributed by atoms with Gasteiger partial charge in [0.05, 0.1) is 19.1 Å². The Labute approximate surface area is 89.2 Å². The standard InChI is InChI=1S/C11H16N2O2/c1-13(7-9-4-5-15-8-9)11(14)6-12-10-2-3-10/h4-5,8,10,12H,2-3,6-7H2,1H3. The molecule has 1 N–H and O–H groups in total. The van der Waals surface area contributed by atoms with E-state index in [4.69, 9.17) is 4.42 Å². The summed E-state index contributed by atoms with van der Waals surface area (Å²) in [6.45, 7) is 1.06. The normalized spacial score (nSPS) is 15.3. The van der Waals surface area contributed by atoms with Crippen molar-refractivity contribution in [1.82, 2.24) is 10.2 Å². The molecule has 0 unspecified atom stereocenters. The van der Waals surface area contributed by atoms with Crippen LogP contribution in [0.15, 0.2) is 23.0 Å². The average Bonchev–Trinajstić information content (AvgIpc) is 2.92. The van der Waals surface area contributed by atoms with Gasteiger partial charge in [-0.3, -0.25) is 4.79 Å².